The molecule has 1 saturated heterocycles. The van der Waals surface area contributed by atoms with E-state index in [1.165, 1.54) is 11.1 Å². The van der Waals surface area contributed by atoms with E-state index in [2.05, 4.69) is 53.7 Å². The molecule has 0 aromatic rings. The van der Waals surface area contributed by atoms with Crippen LogP contribution in [0.4, 0.5) is 0 Å². The lowest BCUT2D eigenvalue weighted by Gasteiger charge is -2.70. The lowest BCUT2D eigenvalue weighted by molar-refractivity contribution is -0.327. The van der Waals surface area contributed by atoms with Crippen molar-refractivity contribution in [2.75, 3.05) is 13.2 Å². The van der Waals surface area contributed by atoms with Gasteiger partial charge in [-0.25, -0.2) is 0 Å². The first-order valence-corrected chi connectivity index (χ1v) is 17.1. The first kappa shape index (κ1) is 33.1. The highest BCUT2D eigenvalue weighted by molar-refractivity contribution is 5.47. The quantitative estimate of drug-likeness (QED) is 0.261. The zero-order valence-electron chi connectivity index (χ0n) is 27.9. The van der Waals surface area contributed by atoms with Crippen molar-refractivity contribution >= 4 is 0 Å². The van der Waals surface area contributed by atoms with E-state index in [0.29, 0.717) is 12.8 Å². The van der Waals surface area contributed by atoms with E-state index < -0.39 is 53.7 Å². The van der Waals surface area contributed by atoms with Crippen molar-refractivity contribution < 1.29 is 40.1 Å². The third-order valence-corrected chi connectivity index (χ3v) is 14.7. The van der Waals surface area contributed by atoms with Crippen molar-refractivity contribution in [2.24, 2.45) is 44.3 Å². The van der Waals surface area contributed by atoms with E-state index in [4.69, 9.17) is 9.47 Å². The van der Waals surface area contributed by atoms with Gasteiger partial charge in [-0.05, 0) is 91.9 Å². The molecule has 6 aliphatic rings. The van der Waals surface area contributed by atoms with Gasteiger partial charge in [0, 0.05) is 16.2 Å². The van der Waals surface area contributed by atoms with E-state index in [0.717, 1.165) is 38.5 Å². The maximum absolute atomic E-state index is 11.9. The number of aliphatic hydroxyl groups is 6. The molecule has 0 radical (unpaired) electrons. The third-order valence-electron chi connectivity index (χ3n) is 14.7. The molecule has 250 valence electrons. The van der Waals surface area contributed by atoms with Gasteiger partial charge in [-0.15, -0.1) is 0 Å². The highest BCUT2D eigenvalue weighted by Gasteiger charge is 2.69. The van der Waals surface area contributed by atoms with Gasteiger partial charge < -0.3 is 40.1 Å². The number of hydrogen-bond acceptors (Lipinski definition) is 8. The molecule has 3 saturated carbocycles. The second kappa shape index (κ2) is 10.6. The summed E-state index contributed by atoms with van der Waals surface area (Å²) < 4.78 is 12.3. The molecule has 14 unspecified atom stereocenters. The third kappa shape index (κ3) is 4.31. The molecule has 0 amide bonds. The minimum absolute atomic E-state index is 0.0165. The maximum atomic E-state index is 11.9. The molecule has 0 aromatic heterocycles. The molecule has 5 aliphatic carbocycles. The molecule has 0 aromatic carbocycles. The Hall–Kier alpha value is -0.840. The molecule has 44 heavy (non-hydrogen) atoms. The molecule has 6 N–H and O–H groups in total. The molecule has 8 nitrogen and oxygen atoms in total. The van der Waals surface area contributed by atoms with E-state index in [1.54, 1.807) is 6.92 Å². The molecule has 0 spiro atoms. The summed E-state index contributed by atoms with van der Waals surface area (Å²) in [4.78, 5) is 0. The van der Waals surface area contributed by atoms with Crippen molar-refractivity contribution in [3.8, 4) is 0 Å². The number of fused-ring (bicyclic) bond motifs is 6. The summed E-state index contributed by atoms with van der Waals surface area (Å²) in [5, 5.41) is 65.0. The maximum Gasteiger partial charge on any atom is 0.186 e. The Morgan fingerprint density at radius 2 is 1.57 bits per heavy atom. The van der Waals surface area contributed by atoms with Crippen LogP contribution >= 0.6 is 0 Å². The van der Waals surface area contributed by atoms with Crippen molar-refractivity contribution in [1.82, 2.24) is 0 Å². The summed E-state index contributed by atoms with van der Waals surface area (Å²) in [7, 11) is 0. The SMILES string of the molecule is CC1OC(OC2CCC3(C)C(CCC4(C)C3C=CC3=C5CC(C)(C)CCC5(CO)C(O)CC34C)C2(C)CO)C(O)C(O)C1O. The molecule has 14 atom stereocenters. The fraction of sp³-hybridized carbons (Fsp3) is 0.889. The van der Waals surface area contributed by atoms with Crippen LogP contribution in [-0.2, 0) is 9.47 Å². The smallest absolute Gasteiger partial charge is 0.186 e. The Bertz CT molecular complexity index is 1200. The van der Waals surface area contributed by atoms with Gasteiger partial charge >= 0.3 is 0 Å². The van der Waals surface area contributed by atoms with Gasteiger partial charge in [0.2, 0.25) is 0 Å². The van der Waals surface area contributed by atoms with Crippen molar-refractivity contribution in [1.29, 1.82) is 0 Å². The molecule has 8 heteroatoms. The lowest BCUT2D eigenvalue weighted by atomic mass is 9.35. The molecular formula is C36H58O8. The van der Waals surface area contributed by atoms with Gasteiger partial charge in [0.15, 0.2) is 6.29 Å². The highest BCUT2D eigenvalue weighted by atomic mass is 16.7. The predicted molar refractivity (Wildman–Crippen MR) is 166 cm³/mol. The second-order valence-electron chi connectivity index (χ2n) is 17.5. The normalized spacial score (nSPS) is 55.1. The van der Waals surface area contributed by atoms with Crippen LogP contribution in [0, 0.1) is 44.3 Å². The topological polar surface area (TPSA) is 140 Å². The number of aliphatic hydroxyl groups excluding tert-OH is 6. The van der Waals surface area contributed by atoms with Crippen LogP contribution in [0.25, 0.3) is 0 Å². The zero-order chi connectivity index (χ0) is 32.3. The number of hydrogen-bond donors (Lipinski definition) is 6. The largest absolute Gasteiger partial charge is 0.396 e. The molecule has 4 fully saturated rings. The van der Waals surface area contributed by atoms with Gasteiger partial charge in [0.05, 0.1) is 31.5 Å². The van der Waals surface area contributed by atoms with Gasteiger partial charge in [0.25, 0.3) is 0 Å². The summed E-state index contributed by atoms with van der Waals surface area (Å²) in [6.45, 7) is 15.4. The van der Waals surface area contributed by atoms with E-state index in [9.17, 15) is 30.6 Å². The highest BCUT2D eigenvalue weighted by Crippen LogP contribution is 2.74. The van der Waals surface area contributed by atoms with Gasteiger partial charge in [-0.1, -0.05) is 59.3 Å². The first-order chi connectivity index (χ1) is 20.4. The van der Waals surface area contributed by atoms with Crippen molar-refractivity contribution in [3.05, 3.63) is 23.3 Å². The standard InChI is InChI=1S/C36H58O8/c1-20-27(40)28(41)29(42)30(43-20)44-26-11-12-32(4)23(33(26,5)18-37)10-13-34(6)24(32)9-8-21-22-16-31(2,3)14-15-36(22,19-38)25(39)17-35(21,34)7/h8-9,20,23-30,37-42H,10-19H2,1-7H3. The molecule has 1 heterocycles. The molecule has 6 rings (SSSR count). The Morgan fingerprint density at radius 3 is 2.23 bits per heavy atom. The van der Waals surface area contributed by atoms with Crippen LogP contribution in [0.2, 0.25) is 0 Å². The predicted octanol–water partition coefficient (Wildman–Crippen LogP) is 3.86. The minimum Gasteiger partial charge on any atom is -0.396 e. The van der Waals surface area contributed by atoms with E-state index in [-0.39, 0.29) is 46.7 Å². The van der Waals surface area contributed by atoms with E-state index >= 15 is 0 Å². The summed E-state index contributed by atoms with van der Waals surface area (Å²) >= 11 is 0. The number of allylic oxidation sites excluding steroid dienone is 3. The summed E-state index contributed by atoms with van der Waals surface area (Å²) in [6, 6.07) is 0. The lowest BCUT2D eigenvalue weighted by Crippen LogP contribution is -2.66. The van der Waals surface area contributed by atoms with Crippen LogP contribution in [0.3, 0.4) is 0 Å². The molecular weight excluding hydrogens is 560 g/mol. The van der Waals surface area contributed by atoms with Crippen LogP contribution in [-0.4, -0.2) is 86.8 Å². The van der Waals surface area contributed by atoms with Gasteiger partial charge in [-0.3, -0.25) is 0 Å². The molecule has 0 bridgehead atoms. The van der Waals surface area contributed by atoms with Crippen molar-refractivity contribution in [3.63, 3.8) is 0 Å². The second-order valence-corrected chi connectivity index (χ2v) is 17.5. The monoisotopic (exact) mass is 618 g/mol. The molecule has 1 aliphatic heterocycles. The first-order valence-electron chi connectivity index (χ1n) is 17.1. The summed E-state index contributed by atoms with van der Waals surface area (Å²) in [6.07, 6.45) is 4.77. The van der Waals surface area contributed by atoms with Crippen molar-refractivity contribution in [2.45, 2.75) is 143 Å². The minimum atomic E-state index is -1.38. The van der Waals surface area contributed by atoms with Crippen LogP contribution < -0.4 is 0 Å². The Labute approximate surface area is 263 Å². The average molecular weight is 619 g/mol. The van der Waals surface area contributed by atoms with Crippen LogP contribution in [0.15, 0.2) is 23.3 Å². The number of ether oxygens (including phenoxy) is 2. The van der Waals surface area contributed by atoms with Gasteiger partial charge in [0.1, 0.15) is 18.3 Å². The van der Waals surface area contributed by atoms with Crippen LogP contribution in [0.5, 0.6) is 0 Å². The zero-order valence-corrected chi connectivity index (χ0v) is 27.9. The summed E-state index contributed by atoms with van der Waals surface area (Å²) in [5.41, 5.74) is 1.04. The fourth-order valence-corrected chi connectivity index (χ4v) is 11.6. The van der Waals surface area contributed by atoms with E-state index in [1.807, 2.05) is 0 Å². The van der Waals surface area contributed by atoms with Crippen LogP contribution in [0.1, 0.15) is 99.8 Å². The average Bonchev–Trinajstić information content (AvgIpc) is 2.96. The number of rotatable bonds is 4. The Kier molecular flexibility index (Phi) is 7.95. The fourth-order valence-electron chi connectivity index (χ4n) is 11.6. The summed E-state index contributed by atoms with van der Waals surface area (Å²) in [5.74, 6) is 0.348. The Morgan fingerprint density at radius 1 is 0.864 bits per heavy atom. The Balaban J connectivity index is 1.36. The van der Waals surface area contributed by atoms with Gasteiger partial charge in [-0.2, -0.15) is 0 Å².